The molecule has 0 aromatic heterocycles. The molecule has 0 radical (unpaired) electrons. The minimum absolute atomic E-state index is 0.111. The molecule has 0 bridgehead atoms. The Kier molecular flexibility index (Phi) is 1.45. The minimum atomic E-state index is -0.696. The van der Waals surface area contributed by atoms with Crippen LogP contribution in [-0.4, -0.2) is 5.78 Å². The van der Waals surface area contributed by atoms with Gasteiger partial charge in [-0.05, 0) is 18.2 Å². The van der Waals surface area contributed by atoms with E-state index < -0.39 is 36.0 Å². The molecule has 2 aromatic rings. The fraction of sp³-hybridized carbons (Fsp3) is 0. The van der Waals surface area contributed by atoms with Crippen molar-refractivity contribution in [1.29, 1.82) is 0 Å². The summed E-state index contributed by atoms with van der Waals surface area (Å²) in [5, 5.41) is 0. The van der Waals surface area contributed by atoms with Gasteiger partial charge in [0.1, 0.15) is 0 Å². The molecule has 0 aliphatic heterocycles. The highest BCUT2D eigenvalue weighted by Crippen LogP contribution is 2.18. The molecule has 0 amide bonds. The predicted molar refractivity (Wildman–Crippen MR) is 65.1 cm³/mol. The average Bonchev–Trinajstić information content (AvgIpc) is 2.46. The zero-order valence-electron chi connectivity index (χ0n) is 13.3. The lowest BCUT2D eigenvalue weighted by molar-refractivity contribution is 0.103. The van der Waals surface area contributed by atoms with Crippen LogP contribution in [0.25, 0.3) is 0 Å². The third kappa shape index (κ3) is 1.88. The van der Waals surface area contributed by atoms with Crippen LogP contribution in [0.4, 0.5) is 11.4 Å². The number of hydrogen-bond acceptors (Lipinski definition) is 3. The summed E-state index contributed by atoms with van der Waals surface area (Å²) >= 11 is 0. The maximum atomic E-state index is 12.4. The van der Waals surface area contributed by atoms with E-state index in [0.717, 1.165) is 0 Å². The van der Waals surface area contributed by atoms with Crippen molar-refractivity contribution in [2.24, 2.45) is 0 Å². The van der Waals surface area contributed by atoms with Gasteiger partial charge in [-0.3, -0.25) is 4.79 Å². The maximum absolute atomic E-state index is 12.4. The Morgan fingerprint density at radius 2 is 1.69 bits per heavy atom. The number of rotatable bonds is 2. The van der Waals surface area contributed by atoms with Crippen molar-refractivity contribution >= 4 is 17.2 Å². The van der Waals surface area contributed by atoms with Gasteiger partial charge in [0, 0.05) is 11.1 Å². The van der Waals surface area contributed by atoms with Crippen molar-refractivity contribution in [2.75, 3.05) is 11.5 Å². The SMILES string of the molecule is [2H]c1c([2H])c([2H])c(C(=O)c2ccc(N)c(N)c2)c([2H])c1[2H]. The number of nitrogens with two attached hydrogens (primary N) is 2. The van der Waals surface area contributed by atoms with Crippen LogP contribution in [0.15, 0.2) is 48.4 Å². The van der Waals surface area contributed by atoms with Crippen LogP contribution >= 0.6 is 0 Å². The first-order valence-electron chi connectivity index (χ1n) is 7.02. The summed E-state index contributed by atoms with van der Waals surface area (Å²) in [5.74, 6) is -0.696. The Labute approximate surface area is 101 Å². The first-order chi connectivity index (χ1) is 9.75. The van der Waals surface area contributed by atoms with Crippen molar-refractivity contribution in [3.05, 3.63) is 59.5 Å². The molecule has 0 spiro atoms. The zero-order chi connectivity index (χ0) is 15.9. The van der Waals surface area contributed by atoms with E-state index in [1.165, 1.54) is 18.2 Å². The lowest BCUT2D eigenvalue weighted by atomic mass is 10.0. The Morgan fingerprint density at radius 3 is 2.31 bits per heavy atom. The monoisotopic (exact) mass is 217 g/mol. The number of carbonyl (C=O) groups is 1. The van der Waals surface area contributed by atoms with Gasteiger partial charge in [-0.25, -0.2) is 0 Å². The fourth-order valence-electron chi connectivity index (χ4n) is 1.22. The Hall–Kier alpha value is -2.29. The van der Waals surface area contributed by atoms with Gasteiger partial charge in [0.25, 0.3) is 0 Å². The summed E-state index contributed by atoms with van der Waals surface area (Å²) in [4.78, 5) is 12.4. The summed E-state index contributed by atoms with van der Waals surface area (Å²) in [6, 6.07) is 1.41. The second kappa shape index (κ2) is 4.06. The lowest BCUT2D eigenvalue weighted by Gasteiger charge is -2.04. The van der Waals surface area contributed by atoms with Crippen LogP contribution < -0.4 is 11.5 Å². The van der Waals surface area contributed by atoms with Gasteiger partial charge >= 0.3 is 0 Å². The predicted octanol–water partition coefficient (Wildman–Crippen LogP) is 2.08. The normalized spacial score (nSPS) is 14.4. The third-order valence-corrected chi connectivity index (χ3v) is 2.08. The molecule has 2 rings (SSSR count). The molecular formula is C13H12N2O. The number of carbonyl (C=O) groups excluding carboxylic acids is 1. The van der Waals surface area contributed by atoms with Gasteiger partial charge in [-0.2, -0.15) is 0 Å². The molecule has 0 saturated heterocycles. The Bertz CT molecular complexity index is 732. The van der Waals surface area contributed by atoms with Crippen molar-refractivity contribution < 1.29 is 11.6 Å². The van der Waals surface area contributed by atoms with E-state index in [1.54, 1.807) is 0 Å². The molecule has 4 N–H and O–H groups in total. The van der Waals surface area contributed by atoms with Gasteiger partial charge in [-0.15, -0.1) is 0 Å². The molecule has 0 aliphatic rings. The molecule has 0 saturated carbocycles. The largest absolute Gasteiger partial charge is 0.397 e. The average molecular weight is 217 g/mol. The van der Waals surface area contributed by atoms with Crippen LogP contribution in [0, 0.1) is 0 Å². The highest BCUT2D eigenvalue weighted by atomic mass is 16.1. The van der Waals surface area contributed by atoms with Gasteiger partial charge < -0.3 is 11.5 Å². The molecular weight excluding hydrogens is 200 g/mol. The molecule has 3 nitrogen and oxygen atoms in total. The van der Waals surface area contributed by atoms with E-state index in [1.807, 2.05) is 0 Å². The minimum Gasteiger partial charge on any atom is -0.397 e. The van der Waals surface area contributed by atoms with Crippen LogP contribution in [0.3, 0.4) is 0 Å². The molecule has 0 aliphatic carbocycles. The molecule has 2 aromatic carbocycles. The van der Waals surface area contributed by atoms with E-state index in [9.17, 15) is 4.79 Å². The standard InChI is InChI=1S/C13H12N2O/c14-11-7-6-10(8-12(11)15)13(16)9-4-2-1-3-5-9/h1-8H,14-15H2/i1D,2D,3D,4D,5D. The molecule has 16 heavy (non-hydrogen) atoms. The van der Waals surface area contributed by atoms with Gasteiger partial charge in [0.15, 0.2) is 5.78 Å². The quantitative estimate of drug-likeness (QED) is 0.597. The molecule has 80 valence electrons. The van der Waals surface area contributed by atoms with E-state index in [4.69, 9.17) is 18.3 Å². The molecule has 0 heterocycles. The maximum Gasteiger partial charge on any atom is 0.193 e. The summed E-state index contributed by atoms with van der Waals surface area (Å²) in [6.07, 6.45) is 0. The highest BCUT2D eigenvalue weighted by Gasteiger charge is 2.09. The van der Waals surface area contributed by atoms with E-state index in [2.05, 4.69) is 0 Å². The van der Waals surface area contributed by atoms with Gasteiger partial charge in [-0.1, -0.05) is 30.2 Å². The van der Waals surface area contributed by atoms with Gasteiger partial charge in [0.05, 0.1) is 18.2 Å². The first kappa shape index (κ1) is 5.70. The summed E-state index contributed by atoms with van der Waals surface area (Å²) < 4.78 is 38.1. The fourth-order valence-corrected chi connectivity index (χ4v) is 1.22. The second-order valence-corrected chi connectivity index (χ2v) is 3.17. The highest BCUT2D eigenvalue weighted by molar-refractivity contribution is 6.09. The number of ketones is 1. The Balaban J connectivity index is 2.66. The molecule has 0 unspecified atom stereocenters. The van der Waals surface area contributed by atoms with Crippen LogP contribution in [0.2, 0.25) is 0 Å². The van der Waals surface area contributed by atoms with Crippen molar-refractivity contribution in [1.82, 2.24) is 0 Å². The second-order valence-electron chi connectivity index (χ2n) is 3.17. The van der Waals surface area contributed by atoms with Crippen LogP contribution in [-0.2, 0) is 0 Å². The summed E-state index contributed by atoms with van der Waals surface area (Å²) in [5.41, 5.74) is 11.4. The van der Waals surface area contributed by atoms with Crippen molar-refractivity contribution in [2.45, 2.75) is 0 Å². The molecule has 0 fully saturated rings. The van der Waals surface area contributed by atoms with Crippen molar-refractivity contribution in [3.8, 4) is 0 Å². The van der Waals surface area contributed by atoms with E-state index in [0.29, 0.717) is 5.69 Å². The Morgan fingerprint density at radius 1 is 1.00 bits per heavy atom. The van der Waals surface area contributed by atoms with Gasteiger partial charge in [0.2, 0.25) is 0 Å². The number of nitrogen functional groups attached to an aromatic ring is 2. The summed E-state index contributed by atoms with van der Waals surface area (Å²) in [7, 11) is 0. The first-order valence-corrected chi connectivity index (χ1v) is 4.52. The number of anilines is 2. The zero-order valence-corrected chi connectivity index (χ0v) is 8.29. The summed E-state index contributed by atoms with van der Waals surface area (Å²) in [6.45, 7) is 0. The smallest absolute Gasteiger partial charge is 0.193 e. The van der Waals surface area contributed by atoms with Crippen LogP contribution in [0.1, 0.15) is 22.8 Å². The molecule has 0 atom stereocenters. The molecule has 3 heteroatoms. The van der Waals surface area contributed by atoms with Crippen LogP contribution in [0.5, 0.6) is 0 Å². The number of benzene rings is 2. The van der Waals surface area contributed by atoms with E-state index >= 15 is 0 Å². The number of hydrogen-bond donors (Lipinski definition) is 2. The van der Waals surface area contributed by atoms with Crippen molar-refractivity contribution in [3.63, 3.8) is 0 Å². The van der Waals surface area contributed by atoms with E-state index in [-0.39, 0.29) is 16.8 Å². The lowest BCUT2D eigenvalue weighted by Crippen LogP contribution is -2.03. The third-order valence-electron chi connectivity index (χ3n) is 2.08. The topological polar surface area (TPSA) is 69.1 Å².